The molecule has 3 heteroatoms. The molecule has 7 heavy (non-hydrogen) atoms. The third kappa shape index (κ3) is 4.18. The molecule has 0 spiro atoms. The van der Waals surface area contributed by atoms with Crippen molar-refractivity contribution >= 4 is 35.5 Å². The molecule has 0 atom stereocenters. The van der Waals surface area contributed by atoms with Crippen LogP contribution in [0.1, 0.15) is 2.85 Å². The van der Waals surface area contributed by atoms with Crippen molar-refractivity contribution in [2.45, 2.75) is 0 Å². The average Bonchev–Trinajstić information content (AvgIpc) is 1.76. The molecule has 0 aliphatic rings. The molecular weight excluding hydrogens is 122 g/mol. The van der Waals surface area contributed by atoms with Gasteiger partial charge >= 0.3 is 23.1 Å². The molecule has 0 unspecified atom stereocenters. The molecule has 1 rings (SSSR count). The smallest absolute Gasteiger partial charge is 1.00 e. The minimum atomic E-state index is 0. The number of H-pyrrole nitrogens is 1. The topological polar surface area (TPSA) is 15.8 Å². The molecule has 1 aromatic heterocycles. The van der Waals surface area contributed by atoms with E-state index in [9.17, 15) is 0 Å². The SMILES string of the molecule is Cl.[H-].[H-].[Mg+2].c1cc[nH]c1. The van der Waals surface area contributed by atoms with Gasteiger partial charge in [-0.15, -0.1) is 12.4 Å². The third-order valence-corrected chi connectivity index (χ3v) is 0.496. The van der Waals surface area contributed by atoms with E-state index in [4.69, 9.17) is 0 Å². The molecule has 1 nitrogen and oxygen atoms in total. The number of rotatable bonds is 0. The Labute approximate surface area is 68.0 Å². The van der Waals surface area contributed by atoms with Gasteiger partial charge in [0.2, 0.25) is 0 Å². The number of nitrogens with one attached hydrogen (secondary N) is 1. The van der Waals surface area contributed by atoms with E-state index in [1.54, 1.807) is 0 Å². The molecule has 38 valence electrons. The first kappa shape index (κ1) is 10.3. The Hall–Kier alpha value is 0.336. The van der Waals surface area contributed by atoms with Crippen LogP contribution in [0.5, 0.6) is 0 Å². The van der Waals surface area contributed by atoms with Crippen LogP contribution in [0.4, 0.5) is 0 Å². The van der Waals surface area contributed by atoms with Gasteiger partial charge in [-0.2, -0.15) is 0 Å². The summed E-state index contributed by atoms with van der Waals surface area (Å²) < 4.78 is 0. The molecule has 0 saturated heterocycles. The van der Waals surface area contributed by atoms with Crippen LogP contribution in [0.3, 0.4) is 0 Å². The van der Waals surface area contributed by atoms with E-state index in [-0.39, 0.29) is 38.3 Å². The summed E-state index contributed by atoms with van der Waals surface area (Å²) in [5.41, 5.74) is 0. The molecule has 0 saturated carbocycles. The molecule has 0 radical (unpaired) electrons. The van der Waals surface area contributed by atoms with Gasteiger partial charge in [0, 0.05) is 12.4 Å². The zero-order chi connectivity index (χ0) is 3.54. The van der Waals surface area contributed by atoms with Crippen LogP contribution in [-0.4, -0.2) is 28.0 Å². The van der Waals surface area contributed by atoms with E-state index in [0.717, 1.165) is 0 Å². The Morgan fingerprint density at radius 2 is 1.57 bits per heavy atom. The first-order valence-corrected chi connectivity index (χ1v) is 1.58. The summed E-state index contributed by atoms with van der Waals surface area (Å²) in [4.78, 5) is 2.86. The average molecular weight is 130 g/mol. The molecule has 0 aromatic carbocycles. The van der Waals surface area contributed by atoms with Gasteiger partial charge in [0.15, 0.2) is 0 Å². The van der Waals surface area contributed by atoms with Crippen LogP contribution in [0.25, 0.3) is 0 Å². The maximum atomic E-state index is 2.86. The summed E-state index contributed by atoms with van der Waals surface area (Å²) >= 11 is 0. The van der Waals surface area contributed by atoms with E-state index >= 15 is 0 Å². The van der Waals surface area contributed by atoms with Crippen molar-refractivity contribution < 1.29 is 2.85 Å². The van der Waals surface area contributed by atoms with Crippen molar-refractivity contribution in [1.82, 2.24) is 4.98 Å². The van der Waals surface area contributed by atoms with Gasteiger partial charge in [0.25, 0.3) is 0 Å². The summed E-state index contributed by atoms with van der Waals surface area (Å²) in [5.74, 6) is 0. The molecule has 0 aliphatic carbocycles. The fourth-order valence-corrected chi connectivity index (χ4v) is 0.278. The van der Waals surface area contributed by atoms with Crippen molar-refractivity contribution in [2.75, 3.05) is 0 Å². The standard InChI is InChI=1S/C4H5N.ClH.Mg.2H/c1-2-4-5-3-1;;;;/h1-5H;1H;;;/q;;+2;2*-1. The molecule has 0 aliphatic heterocycles. The quantitative estimate of drug-likeness (QED) is 0.509. The van der Waals surface area contributed by atoms with Crippen LogP contribution < -0.4 is 0 Å². The molecular formula is C4H8ClMgN. The summed E-state index contributed by atoms with van der Waals surface area (Å²) in [7, 11) is 0. The Balaban J connectivity index is -0.0000000312. The fraction of sp³-hybridized carbons (Fsp3) is 0. The van der Waals surface area contributed by atoms with Gasteiger partial charge in [-0.1, -0.05) is 0 Å². The molecule has 0 bridgehead atoms. The van der Waals surface area contributed by atoms with Gasteiger partial charge in [-0.3, -0.25) is 0 Å². The predicted molar refractivity (Wildman–Crippen MR) is 36.0 cm³/mol. The van der Waals surface area contributed by atoms with Crippen LogP contribution >= 0.6 is 12.4 Å². The second kappa shape index (κ2) is 6.34. The maximum Gasteiger partial charge on any atom is 2.00 e. The van der Waals surface area contributed by atoms with Gasteiger partial charge in [0.1, 0.15) is 0 Å². The van der Waals surface area contributed by atoms with E-state index in [1.807, 2.05) is 24.5 Å². The summed E-state index contributed by atoms with van der Waals surface area (Å²) in [6.45, 7) is 0. The largest absolute Gasteiger partial charge is 2.00 e. The van der Waals surface area contributed by atoms with E-state index in [1.165, 1.54) is 0 Å². The van der Waals surface area contributed by atoms with Crippen molar-refractivity contribution in [2.24, 2.45) is 0 Å². The Morgan fingerprint density at radius 3 is 1.71 bits per heavy atom. The minimum absolute atomic E-state index is 0. The minimum Gasteiger partial charge on any atom is -1.00 e. The van der Waals surface area contributed by atoms with Crippen molar-refractivity contribution in [3.63, 3.8) is 0 Å². The molecule has 1 aromatic rings. The van der Waals surface area contributed by atoms with Crippen molar-refractivity contribution in [3.8, 4) is 0 Å². The Kier molecular flexibility index (Phi) is 9.36. The third-order valence-electron chi connectivity index (χ3n) is 0.496. The van der Waals surface area contributed by atoms with Crippen molar-refractivity contribution in [1.29, 1.82) is 0 Å². The van der Waals surface area contributed by atoms with E-state index in [2.05, 4.69) is 4.98 Å². The van der Waals surface area contributed by atoms with Gasteiger partial charge in [0.05, 0.1) is 0 Å². The Morgan fingerprint density at radius 1 is 1.14 bits per heavy atom. The Bertz CT molecular complexity index is 75.0. The zero-order valence-corrected chi connectivity index (χ0v) is 6.16. The maximum absolute atomic E-state index is 2.86. The van der Waals surface area contributed by atoms with Gasteiger partial charge < -0.3 is 7.84 Å². The number of aromatic amines is 1. The molecule has 1 heterocycles. The second-order valence-electron chi connectivity index (χ2n) is 0.885. The molecule has 0 amide bonds. The fourth-order valence-electron chi connectivity index (χ4n) is 0.278. The predicted octanol–water partition coefficient (Wildman–Crippen LogP) is 1.28. The molecule has 0 fully saturated rings. The van der Waals surface area contributed by atoms with Crippen LogP contribution in [0, 0.1) is 0 Å². The van der Waals surface area contributed by atoms with Crippen molar-refractivity contribution in [3.05, 3.63) is 24.5 Å². The monoisotopic (exact) mass is 129 g/mol. The number of halogens is 1. The zero-order valence-electron chi connectivity index (χ0n) is 5.92. The van der Waals surface area contributed by atoms with E-state index < -0.39 is 0 Å². The number of aromatic nitrogens is 1. The number of hydrogen-bond donors (Lipinski definition) is 1. The summed E-state index contributed by atoms with van der Waals surface area (Å²) in [6, 6.07) is 3.89. The first-order chi connectivity index (χ1) is 2.50. The normalized spacial score (nSPS) is 5.71. The van der Waals surface area contributed by atoms with Crippen LogP contribution in [0.2, 0.25) is 0 Å². The molecule has 1 N–H and O–H groups in total. The van der Waals surface area contributed by atoms with Crippen LogP contribution in [0.15, 0.2) is 24.5 Å². The van der Waals surface area contributed by atoms with Gasteiger partial charge in [-0.05, 0) is 12.1 Å². The van der Waals surface area contributed by atoms with Crippen LogP contribution in [-0.2, 0) is 0 Å². The van der Waals surface area contributed by atoms with E-state index in [0.29, 0.717) is 0 Å². The first-order valence-electron chi connectivity index (χ1n) is 1.58. The summed E-state index contributed by atoms with van der Waals surface area (Å²) in [5, 5.41) is 0. The second-order valence-corrected chi connectivity index (χ2v) is 0.885. The summed E-state index contributed by atoms with van der Waals surface area (Å²) in [6.07, 6.45) is 3.75. The van der Waals surface area contributed by atoms with Gasteiger partial charge in [-0.25, -0.2) is 0 Å². The number of hydrogen-bond acceptors (Lipinski definition) is 0.